The largest absolute Gasteiger partial charge is 0.463 e. The number of esters is 3. The standard InChI is InChI=1S/C11H15BrO7/c1-5(13)16-4-8-9(17-6(2)14)10(11(12)19-8)18-7(3)15/h8-11H,4H2,1-3H3/t8-,9+,10-,11+/m1/s1. The molecule has 7 nitrogen and oxygen atoms in total. The fourth-order valence-corrected chi connectivity index (χ4v) is 2.35. The molecule has 1 fully saturated rings. The fourth-order valence-electron chi connectivity index (χ4n) is 1.66. The van der Waals surface area contributed by atoms with E-state index < -0.39 is 41.2 Å². The van der Waals surface area contributed by atoms with Crippen LogP contribution in [0.3, 0.4) is 0 Å². The quantitative estimate of drug-likeness (QED) is 0.419. The zero-order valence-electron chi connectivity index (χ0n) is 10.8. The molecule has 1 heterocycles. The highest BCUT2D eigenvalue weighted by Gasteiger charge is 2.48. The molecule has 0 saturated carbocycles. The maximum Gasteiger partial charge on any atom is 0.303 e. The molecule has 0 spiro atoms. The summed E-state index contributed by atoms with van der Waals surface area (Å²) in [6.45, 7) is 3.64. The van der Waals surface area contributed by atoms with Crippen molar-refractivity contribution in [1.29, 1.82) is 0 Å². The first kappa shape index (κ1) is 15.9. The van der Waals surface area contributed by atoms with E-state index in [1.165, 1.54) is 20.8 Å². The lowest BCUT2D eigenvalue weighted by molar-refractivity contribution is -0.165. The molecule has 1 rings (SSSR count). The molecule has 0 radical (unpaired) electrons. The second-order valence-electron chi connectivity index (χ2n) is 3.98. The average molecular weight is 339 g/mol. The van der Waals surface area contributed by atoms with Crippen molar-refractivity contribution in [3.05, 3.63) is 0 Å². The topological polar surface area (TPSA) is 88.1 Å². The van der Waals surface area contributed by atoms with Gasteiger partial charge in [-0.2, -0.15) is 0 Å². The zero-order valence-corrected chi connectivity index (χ0v) is 12.3. The maximum atomic E-state index is 11.1. The summed E-state index contributed by atoms with van der Waals surface area (Å²) in [4.78, 5) is 32.9. The van der Waals surface area contributed by atoms with Crippen LogP contribution in [0.2, 0.25) is 0 Å². The van der Waals surface area contributed by atoms with E-state index in [0.717, 1.165) is 0 Å². The summed E-state index contributed by atoms with van der Waals surface area (Å²) in [5, 5.41) is -0.638. The second-order valence-corrected chi connectivity index (χ2v) is 4.88. The van der Waals surface area contributed by atoms with Crippen LogP contribution in [-0.4, -0.2) is 47.8 Å². The van der Waals surface area contributed by atoms with Crippen LogP contribution in [0.15, 0.2) is 0 Å². The molecule has 0 bridgehead atoms. The fraction of sp³-hybridized carbons (Fsp3) is 0.727. The van der Waals surface area contributed by atoms with Gasteiger partial charge in [0.15, 0.2) is 17.2 Å². The van der Waals surface area contributed by atoms with Gasteiger partial charge in [0.25, 0.3) is 0 Å². The van der Waals surface area contributed by atoms with E-state index in [1.54, 1.807) is 0 Å². The van der Waals surface area contributed by atoms with Crippen LogP contribution in [-0.2, 0) is 33.3 Å². The summed E-state index contributed by atoms with van der Waals surface area (Å²) in [5.74, 6) is -1.55. The molecular formula is C11H15BrO7. The average Bonchev–Trinajstić information content (AvgIpc) is 2.53. The van der Waals surface area contributed by atoms with Crippen molar-refractivity contribution < 1.29 is 33.3 Å². The lowest BCUT2D eigenvalue weighted by Crippen LogP contribution is -2.40. The SMILES string of the molecule is CC(=O)OC[C@H]1O[C@H](Br)[C@H](OC(C)=O)[C@H]1OC(C)=O. The molecular weight excluding hydrogens is 324 g/mol. The zero-order chi connectivity index (χ0) is 14.6. The van der Waals surface area contributed by atoms with Crippen molar-refractivity contribution in [2.45, 2.75) is 44.1 Å². The van der Waals surface area contributed by atoms with Crippen molar-refractivity contribution >= 4 is 33.8 Å². The van der Waals surface area contributed by atoms with Gasteiger partial charge in [0.2, 0.25) is 0 Å². The van der Waals surface area contributed by atoms with Crippen molar-refractivity contribution in [3.8, 4) is 0 Å². The third-order valence-corrected chi connectivity index (χ3v) is 3.05. The molecule has 1 aliphatic heterocycles. The van der Waals surface area contributed by atoms with E-state index in [9.17, 15) is 14.4 Å². The smallest absolute Gasteiger partial charge is 0.303 e. The molecule has 0 aliphatic carbocycles. The first-order chi connectivity index (χ1) is 8.81. The lowest BCUT2D eigenvalue weighted by atomic mass is 10.1. The Morgan fingerprint density at radius 3 is 2.00 bits per heavy atom. The number of halogens is 1. The number of hydrogen-bond acceptors (Lipinski definition) is 7. The van der Waals surface area contributed by atoms with Gasteiger partial charge >= 0.3 is 17.9 Å². The van der Waals surface area contributed by atoms with Gasteiger partial charge < -0.3 is 18.9 Å². The van der Waals surface area contributed by atoms with Crippen LogP contribution < -0.4 is 0 Å². The Balaban J connectivity index is 2.76. The Kier molecular flexibility index (Phi) is 5.74. The normalized spacial score (nSPS) is 29.7. The van der Waals surface area contributed by atoms with Crippen LogP contribution in [0.4, 0.5) is 0 Å². The van der Waals surface area contributed by atoms with Crippen LogP contribution in [0.1, 0.15) is 20.8 Å². The first-order valence-electron chi connectivity index (χ1n) is 5.58. The number of carbonyl (C=O) groups is 3. The van der Waals surface area contributed by atoms with E-state index in [0.29, 0.717) is 0 Å². The summed E-state index contributed by atoms with van der Waals surface area (Å²) in [5.41, 5.74) is 0. The molecule has 19 heavy (non-hydrogen) atoms. The number of alkyl halides is 1. The third kappa shape index (κ3) is 4.79. The minimum absolute atomic E-state index is 0.0901. The number of hydrogen-bond donors (Lipinski definition) is 0. The monoisotopic (exact) mass is 338 g/mol. The van der Waals surface area contributed by atoms with Gasteiger partial charge in [-0.25, -0.2) is 0 Å². The molecule has 0 N–H and O–H groups in total. The van der Waals surface area contributed by atoms with Crippen LogP contribution in [0.5, 0.6) is 0 Å². The van der Waals surface area contributed by atoms with E-state index >= 15 is 0 Å². The molecule has 108 valence electrons. The van der Waals surface area contributed by atoms with Gasteiger partial charge in [-0.3, -0.25) is 14.4 Å². The van der Waals surface area contributed by atoms with Crippen molar-refractivity contribution in [2.24, 2.45) is 0 Å². The molecule has 0 amide bonds. The molecule has 1 aliphatic rings. The van der Waals surface area contributed by atoms with Gasteiger partial charge in [-0.05, 0) is 0 Å². The van der Waals surface area contributed by atoms with Gasteiger partial charge in [0, 0.05) is 20.8 Å². The summed E-state index contributed by atoms with van der Waals surface area (Å²) >= 11 is 3.18. The Morgan fingerprint density at radius 1 is 1.00 bits per heavy atom. The Morgan fingerprint density at radius 2 is 1.53 bits per heavy atom. The van der Waals surface area contributed by atoms with Crippen molar-refractivity contribution in [3.63, 3.8) is 0 Å². The number of carbonyl (C=O) groups excluding carboxylic acids is 3. The predicted octanol–water partition coefficient (Wildman–Crippen LogP) is 0.533. The minimum Gasteiger partial charge on any atom is -0.463 e. The van der Waals surface area contributed by atoms with Crippen molar-refractivity contribution in [2.75, 3.05) is 6.61 Å². The molecule has 0 aromatic rings. The van der Waals surface area contributed by atoms with E-state index in [-0.39, 0.29) is 6.61 Å². The molecule has 0 aromatic heterocycles. The predicted molar refractivity (Wildman–Crippen MR) is 65.3 cm³/mol. The van der Waals surface area contributed by atoms with E-state index in [1.807, 2.05) is 0 Å². The van der Waals surface area contributed by atoms with Crippen LogP contribution in [0.25, 0.3) is 0 Å². The summed E-state index contributed by atoms with van der Waals surface area (Å²) in [6, 6.07) is 0. The van der Waals surface area contributed by atoms with Gasteiger partial charge in [-0.15, -0.1) is 0 Å². The highest BCUT2D eigenvalue weighted by molar-refractivity contribution is 9.09. The van der Waals surface area contributed by atoms with Gasteiger partial charge in [0.1, 0.15) is 12.7 Å². The van der Waals surface area contributed by atoms with Crippen LogP contribution in [0, 0.1) is 0 Å². The van der Waals surface area contributed by atoms with E-state index in [2.05, 4.69) is 15.9 Å². The van der Waals surface area contributed by atoms with Gasteiger partial charge in [0.05, 0.1) is 0 Å². The Bertz CT molecular complexity index is 370. The van der Waals surface area contributed by atoms with Crippen LogP contribution >= 0.6 is 15.9 Å². The molecule has 0 aromatic carbocycles. The van der Waals surface area contributed by atoms with E-state index in [4.69, 9.17) is 18.9 Å². The summed E-state index contributed by atoms with van der Waals surface area (Å²) in [6.07, 6.45) is -2.31. The van der Waals surface area contributed by atoms with Crippen molar-refractivity contribution in [1.82, 2.24) is 0 Å². The lowest BCUT2D eigenvalue weighted by Gasteiger charge is -2.22. The Labute approximate surface area is 118 Å². The second kappa shape index (κ2) is 6.85. The molecule has 4 atom stereocenters. The molecule has 1 saturated heterocycles. The molecule has 8 heteroatoms. The highest BCUT2D eigenvalue weighted by Crippen LogP contribution is 2.30. The molecule has 0 unspecified atom stereocenters. The number of ether oxygens (including phenoxy) is 4. The summed E-state index contributed by atoms with van der Waals surface area (Å²) in [7, 11) is 0. The summed E-state index contributed by atoms with van der Waals surface area (Å²) < 4.78 is 20.4. The number of rotatable bonds is 4. The first-order valence-corrected chi connectivity index (χ1v) is 6.50. The third-order valence-electron chi connectivity index (χ3n) is 2.31. The Hall–Kier alpha value is -1.15. The minimum atomic E-state index is -0.829. The maximum absolute atomic E-state index is 11.1. The van der Waals surface area contributed by atoms with Gasteiger partial charge in [-0.1, -0.05) is 15.9 Å². The highest BCUT2D eigenvalue weighted by atomic mass is 79.9.